The molecule has 0 amide bonds. The van der Waals surface area contributed by atoms with Gasteiger partial charge in [-0.3, -0.25) is 0 Å². The number of aromatic nitrogens is 1. The number of fused-ring (bicyclic) bond motifs is 1. The van der Waals surface area contributed by atoms with E-state index in [2.05, 4.69) is 4.98 Å². The molecule has 3 aromatic rings. The molecule has 3 rings (SSSR count). The number of aromatic hydroxyl groups is 1. The minimum atomic E-state index is 0. The minimum absolute atomic E-state index is 0. The van der Waals surface area contributed by atoms with E-state index in [1.54, 1.807) is 17.4 Å². The molecule has 0 saturated heterocycles. The zero-order valence-corrected chi connectivity index (χ0v) is 9.95. The molecule has 0 saturated carbocycles. The van der Waals surface area contributed by atoms with Crippen LogP contribution in [0.15, 0.2) is 48.5 Å². The Bertz CT molecular complexity index is 617. The number of rotatable bonds is 1. The van der Waals surface area contributed by atoms with E-state index in [0.29, 0.717) is 0 Å². The Morgan fingerprint density at radius 2 is 1.65 bits per heavy atom. The van der Waals surface area contributed by atoms with Crippen molar-refractivity contribution < 1.29 is 5.11 Å². The predicted molar refractivity (Wildman–Crippen MR) is 72.5 cm³/mol. The van der Waals surface area contributed by atoms with Crippen molar-refractivity contribution in [1.82, 2.24) is 4.98 Å². The van der Waals surface area contributed by atoms with Crippen LogP contribution in [0.3, 0.4) is 0 Å². The normalized spacial score (nSPS) is 10.1. The van der Waals surface area contributed by atoms with E-state index in [4.69, 9.17) is 0 Å². The van der Waals surface area contributed by atoms with Gasteiger partial charge in [-0.1, -0.05) is 24.3 Å². The first kappa shape index (κ1) is 11.8. The van der Waals surface area contributed by atoms with Gasteiger partial charge >= 0.3 is 0 Å². The van der Waals surface area contributed by atoms with E-state index in [9.17, 15) is 5.11 Å². The second-order valence-electron chi connectivity index (χ2n) is 3.50. The average molecular weight is 236 g/mol. The summed E-state index contributed by atoms with van der Waals surface area (Å²) in [5.74, 6) is 0.279. The van der Waals surface area contributed by atoms with Crippen molar-refractivity contribution in [3.8, 4) is 16.3 Å². The predicted octanol–water partition coefficient (Wildman–Crippen LogP) is 3.29. The molecule has 2 radical (unpaired) electrons. The monoisotopic (exact) mass is 236 g/mol. The Morgan fingerprint density at radius 1 is 0.941 bits per heavy atom. The van der Waals surface area contributed by atoms with Crippen LogP contribution in [0.4, 0.5) is 0 Å². The van der Waals surface area contributed by atoms with E-state index in [-0.39, 0.29) is 15.9 Å². The van der Waals surface area contributed by atoms with Gasteiger partial charge in [0, 0.05) is 10.1 Å². The third-order valence-electron chi connectivity index (χ3n) is 2.43. The molecule has 0 unspecified atom stereocenters. The van der Waals surface area contributed by atoms with E-state index in [1.165, 1.54) is 0 Å². The molecule has 2 aromatic carbocycles. The molecule has 17 heavy (non-hydrogen) atoms. The van der Waals surface area contributed by atoms with Gasteiger partial charge in [0.05, 0.1) is 15.8 Å². The van der Waals surface area contributed by atoms with Crippen LogP contribution in [0.1, 0.15) is 0 Å². The fourth-order valence-corrected chi connectivity index (χ4v) is 2.64. The summed E-state index contributed by atoms with van der Waals surface area (Å²) in [5, 5.41) is 10.6. The number of benzene rings is 2. The van der Waals surface area contributed by atoms with Crippen molar-refractivity contribution in [2.45, 2.75) is 0 Å². The molecule has 0 aliphatic rings. The summed E-state index contributed by atoms with van der Waals surface area (Å²) >= 11 is 1.59. The Kier molecular flexibility index (Phi) is 3.23. The van der Waals surface area contributed by atoms with Gasteiger partial charge in [0.2, 0.25) is 0 Å². The van der Waals surface area contributed by atoms with Crippen LogP contribution in [-0.2, 0) is 0 Å². The first-order valence-corrected chi connectivity index (χ1v) is 5.80. The van der Waals surface area contributed by atoms with Crippen molar-refractivity contribution in [2.75, 3.05) is 0 Å². The molecule has 0 spiro atoms. The first-order valence-electron chi connectivity index (χ1n) is 4.98. The van der Waals surface area contributed by atoms with Crippen LogP contribution in [-0.4, -0.2) is 20.2 Å². The van der Waals surface area contributed by atoms with E-state index < -0.39 is 0 Å². The molecule has 80 valence electrons. The van der Waals surface area contributed by atoms with Gasteiger partial charge in [0.15, 0.2) is 0 Å². The Labute approximate surface area is 107 Å². The van der Waals surface area contributed by atoms with Crippen LogP contribution >= 0.6 is 11.3 Å². The summed E-state index contributed by atoms with van der Waals surface area (Å²) in [6.07, 6.45) is 0. The quantitative estimate of drug-likeness (QED) is 0.658. The van der Waals surface area contributed by atoms with Gasteiger partial charge in [0.1, 0.15) is 10.8 Å². The molecule has 0 fully saturated rings. The van der Waals surface area contributed by atoms with Crippen molar-refractivity contribution in [3.63, 3.8) is 0 Å². The maximum atomic E-state index is 9.76. The summed E-state index contributed by atoms with van der Waals surface area (Å²) in [7, 11) is 0. The molecule has 1 heterocycles. The van der Waals surface area contributed by atoms with Crippen molar-refractivity contribution >= 4 is 31.7 Å². The zero-order valence-electron chi connectivity index (χ0n) is 9.13. The summed E-state index contributed by atoms with van der Waals surface area (Å²) in [4.78, 5) is 4.50. The molecule has 0 aliphatic heterocycles. The van der Waals surface area contributed by atoms with E-state index in [1.807, 2.05) is 42.5 Å². The largest absolute Gasteiger partial charge is 0.507 e. The van der Waals surface area contributed by atoms with Crippen molar-refractivity contribution in [2.24, 2.45) is 0 Å². The van der Waals surface area contributed by atoms with Gasteiger partial charge in [-0.25, -0.2) is 4.98 Å². The topological polar surface area (TPSA) is 33.1 Å². The molecular formula is C13H9BeNOS. The van der Waals surface area contributed by atoms with Gasteiger partial charge in [-0.05, 0) is 24.3 Å². The number of nitrogens with zero attached hydrogens (tertiary/aromatic N) is 1. The minimum Gasteiger partial charge on any atom is -0.507 e. The van der Waals surface area contributed by atoms with Crippen LogP contribution in [0, 0.1) is 0 Å². The van der Waals surface area contributed by atoms with Crippen LogP contribution in [0.2, 0.25) is 0 Å². The third kappa shape index (κ3) is 2.07. The van der Waals surface area contributed by atoms with Crippen molar-refractivity contribution in [3.05, 3.63) is 48.5 Å². The summed E-state index contributed by atoms with van der Waals surface area (Å²) in [6, 6.07) is 15.3. The summed E-state index contributed by atoms with van der Waals surface area (Å²) in [5.41, 5.74) is 1.77. The summed E-state index contributed by atoms with van der Waals surface area (Å²) < 4.78 is 1.14. The molecule has 0 atom stereocenters. The fourth-order valence-electron chi connectivity index (χ4n) is 1.64. The number of hydrogen-bond acceptors (Lipinski definition) is 3. The molecule has 1 N–H and O–H groups in total. The number of phenolic OH excluding ortho intramolecular Hbond substituents is 1. The maximum Gasteiger partial charge on any atom is 0.128 e. The molecular weight excluding hydrogens is 227 g/mol. The number of thiazole rings is 1. The Balaban J connectivity index is 0.00000108. The number of phenols is 1. The van der Waals surface area contributed by atoms with Gasteiger partial charge in [-0.15, -0.1) is 11.3 Å². The van der Waals surface area contributed by atoms with Gasteiger partial charge in [-0.2, -0.15) is 0 Å². The SMILES string of the molecule is Oc1ccccc1-c1nc2ccccc2s1.[Be]. The van der Waals surface area contributed by atoms with Crippen LogP contribution in [0.25, 0.3) is 20.8 Å². The molecule has 0 aliphatic carbocycles. The zero-order chi connectivity index (χ0) is 11.0. The number of para-hydroxylation sites is 2. The summed E-state index contributed by atoms with van der Waals surface area (Å²) in [6.45, 7) is 0. The average Bonchev–Trinajstić information content (AvgIpc) is 2.73. The Morgan fingerprint density at radius 3 is 2.41 bits per heavy atom. The molecule has 2 nitrogen and oxygen atoms in total. The smallest absolute Gasteiger partial charge is 0.128 e. The fraction of sp³-hybridized carbons (Fsp3) is 0. The van der Waals surface area contributed by atoms with Crippen molar-refractivity contribution in [1.29, 1.82) is 0 Å². The van der Waals surface area contributed by atoms with Gasteiger partial charge in [0.25, 0.3) is 0 Å². The number of hydrogen-bond donors (Lipinski definition) is 1. The van der Waals surface area contributed by atoms with Crippen LogP contribution in [0.5, 0.6) is 5.75 Å². The first-order chi connectivity index (χ1) is 7.84. The second-order valence-corrected chi connectivity index (χ2v) is 4.53. The van der Waals surface area contributed by atoms with E-state index >= 15 is 0 Å². The molecule has 0 bridgehead atoms. The Hall–Kier alpha value is -1.70. The second kappa shape index (κ2) is 4.66. The third-order valence-corrected chi connectivity index (χ3v) is 3.50. The standard InChI is InChI=1S/C13H9NOS.Be/c15-11-7-3-1-5-9(11)13-14-10-6-2-4-8-12(10)16-13;/h1-8,15H;. The van der Waals surface area contributed by atoms with Crippen LogP contribution < -0.4 is 0 Å². The molecule has 1 aromatic heterocycles. The molecule has 4 heteroatoms. The van der Waals surface area contributed by atoms with E-state index in [0.717, 1.165) is 20.8 Å². The van der Waals surface area contributed by atoms with Gasteiger partial charge < -0.3 is 5.11 Å². The maximum absolute atomic E-state index is 9.76.